The molecule has 130 valence electrons. The summed E-state index contributed by atoms with van der Waals surface area (Å²) in [5.74, 6) is 0.356. The largest absolute Gasteiger partial charge is 0.346 e. The minimum atomic E-state index is 0.356. The van der Waals surface area contributed by atoms with Crippen LogP contribution in [0.5, 0.6) is 0 Å². The van der Waals surface area contributed by atoms with E-state index in [9.17, 15) is 4.79 Å². The normalized spacial score (nSPS) is 23.1. The van der Waals surface area contributed by atoms with Gasteiger partial charge in [-0.25, -0.2) is 0 Å². The van der Waals surface area contributed by atoms with Gasteiger partial charge in [0.25, 0.3) is 0 Å². The number of amides is 1. The van der Waals surface area contributed by atoms with Crippen molar-refractivity contribution in [2.24, 2.45) is 0 Å². The van der Waals surface area contributed by atoms with Crippen LogP contribution in [0, 0.1) is 0 Å². The van der Waals surface area contributed by atoms with Crippen LogP contribution >= 0.6 is 0 Å². The second-order valence-electron chi connectivity index (χ2n) is 7.22. The first-order chi connectivity index (χ1) is 10.8. The van der Waals surface area contributed by atoms with E-state index < -0.39 is 0 Å². The summed E-state index contributed by atoms with van der Waals surface area (Å²) < 4.78 is 0. The summed E-state index contributed by atoms with van der Waals surface area (Å²) in [6.07, 6.45) is 22.4. The van der Waals surface area contributed by atoms with Crippen molar-refractivity contribution in [3.63, 3.8) is 0 Å². The van der Waals surface area contributed by atoms with Gasteiger partial charge in [-0.1, -0.05) is 89.9 Å². The van der Waals surface area contributed by atoms with Crippen molar-refractivity contribution in [3.05, 3.63) is 0 Å². The van der Waals surface area contributed by atoms with Crippen molar-refractivity contribution in [3.8, 4) is 0 Å². The maximum Gasteiger partial charge on any atom is 0.222 e. The van der Waals surface area contributed by atoms with Crippen LogP contribution in [0.3, 0.4) is 0 Å². The highest BCUT2D eigenvalue weighted by atomic mass is 16.2. The van der Waals surface area contributed by atoms with Crippen molar-refractivity contribution in [1.29, 1.82) is 0 Å². The molecule has 0 aliphatic carbocycles. The molecule has 0 radical (unpaired) electrons. The van der Waals surface area contributed by atoms with Crippen LogP contribution in [0.4, 0.5) is 0 Å². The Hall–Kier alpha value is -0.530. The fraction of sp³-hybridized carbons (Fsp3) is 0.950. The molecule has 0 aromatic heterocycles. The lowest BCUT2D eigenvalue weighted by atomic mass is 10.0. The maximum atomic E-state index is 12.0. The van der Waals surface area contributed by atoms with Crippen LogP contribution in [0.15, 0.2) is 0 Å². The van der Waals surface area contributed by atoms with Gasteiger partial charge in [0.2, 0.25) is 5.91 Å². The second-order valence-corrected chi connectivity index (χ2v) is 7.22. The molecule has 1 aliphatic heterocycles. The molecule has 0 N–H and O–H groups in total. The Kier molecular flexibility index (Phi) is 12.5. The molecule has 2 heteroatoms. The highest BCUT2D eigenvalue weighted by Gasteiger charge is 2.07. The second kappa shape index (κ2) is 14.1. The summed E-state index contributed by atoms with van der Waals surface area (Å²) in [6.45, 7) is 0.957. The van der Waals surface area contributed by atoms with Crippen molar-refractivity contribution in [2.45, 2.75) is 109 Å². The first-order valence-corrected chi connectivity index (χ1v) is 10.0. The first kappa shape index (κ1) is 19.5. The van der Waals surface area contributed by atoms with Gasteiger partial charge < -0.3 is 4.90 Å². The number of rotatable bonds is 0. The average Bonchev–Trinajstić information content (AvgIpc) is 2.52. The van der Waals surface area contributed by atoms with Gasteiger partial charge in [0, 0.05) is 20.0 Å². The molecule has 1 rings (SSSR count). The Morgan fingerprint density at radius 1 is 0.545 bits per heavy atom. The monoisotopic (exact) mass is 309 g/mol. The highest BCUT2D eigenvalue weighted by Crippen LogP contribution is 2.14. The molecular weight excluding hydrogens is 270 g/mol. The number of carbonyl (C=O) groups excluding carboxylic acids is 1. The predicted octanol–water partition coefficient (Wildman–Crippen LogP) is 6.09. The topological polar surface area (TPSA) is 20.3 Å². The highest BCUT2D eigenvalue weighted by molar-refractivity contribution is 5.75. The van der Waals surface area contributed by atoms with E-state index in [0.717, 1.165) is 19.4 Å². The van der Waals surface area contributed by atoms with Crippen molar-refractivity contribution >= 4 is 5.91 Å². The van der Waals surface area contributed by atoms with Crippen LogP contribution in [0.1, 0.15) is 109 Å². The molecule has 1 heterocycles. The molecule has 0 aromatic rings. The van der Waals surface area contributed by atoms with Crippen LogP contribution in [-0.4, -0.2) is 24.4 Å². The Morgan fingerprint density at radius 2 is 0.864 bits per heavy atom. The minimum Gasteiger partial charge on any atom is -0.346 e. The maximum absolute atomic E-state index is 12.0. The summed E-state index contributed by atoms with van der Waals surface area (Å²) in [5.41, 5.74) is 0. The molecule has 22 heavy (non-hydrogen) atoms. The molecular formula is C20H39NO. The van der Waals surface area contributed by atoms with E-state index in [1.54, 1.807) is 0 Å². The Labute approximate surface area is 139 Å². The number of hydrogen-bond acceptors (Lipinski definition) is 1. The molecule has 2 nitrogen and oxygen atoms in total. The SMILES string of the molecule is CN1CCCCCCCCCCCCCCCCCCC1=O. The smallest absolute Gasteiger partial charge is 0.222 e. The zero-order valence-electron chi connectivity index (χ0n) is 15.1. The van der Waals surface area contributed by atoms with Gasteiger partial charge in [-0.05, 0) is 12.8 Å². The minimum absolute atomic E-state index is 0.356. The number of carbonyl (C=O) groups is 1. The van der Waals surface area contributed by atoms with Crippen molar-refractivity contribution in [2.75, 3.05) is 13.6 Å². The molecule has 1 fully saturated rings. The molecule has 0 bridgehead atoms. The van der Waals surface area contributed by atoms with Crippen LogP contribution < -0.4 is 0 Å². The number of hydrogen-bond donors (Lipinski definition) is 0. The van der Waals surface area contributed by atoms with E-state index in [0.29, 0.717) is 5.91 Å². The van der Waals surface area contributed by atoms with Gasteiger partial charge in [-0.2, -0.15) is 0 Å². The third-order valence-electron chi connectivity index (χ3n) is 5.06. The van der Waals surface area contributed by atoms with Crippen LogP contribution in [0.2, 0.25) is 0 Å². The lowest BCUT2D eigenvalue weighted by Gasteiger charge is -2.17. The zero-order valence-corrected chi connectivity index (χ0v) is 15.1. The average molecular weight is 310 g/mol. The quantitative estimate of drug-likeness (QED) is 0.530. The van der Waals surface area contributed by atoms with E-state index in [2.05, 4.69) is 0 Å². The third-order valence-corrected chi connectivity index (χ3v) is 5.06. The van der Waals surface area contributed by atoms with E-state index in [1.165, 1.54) is 96.3 Å². The van der Waals surface area contributed by atoms with Gasteiger partial charge in [0.15, 0.2) is 0 Å². The zero-order chi connectivity index (χ0) is 15.9. The molecule has 0 atom stereocenters. The fourth-order valence-corrected chi connectivity index (χ4v) is 3.42. The summed E-state index contributed by atoms with van der Waals surface area (Å²) in [4.78, 5) is 14.0. The summed E-state index contributed by atoms with van der Waals surface area (Å²) in [7, 11) is 1.98. The van der Waals surface area contributed by atoms with Gasteiger partial charge in [0.05, 0.1) is 0 Å². The van der Waals surface area contributed by atoms with Gasteiger partial charge in [0.1, 0.15) is 0 Å². The molecule has 1 saturated heterocycles. The van der Waals surface area contributed by atoms with Crippen molar-refractivity contribution in [1.82, 2.24) is 4.90 Å². The molecule has 1 aliphatic rings. The van der Waals surface area contributed by atoms with Gasteiger partial charge >= 0.3 is 0 Å². The lowest BCUT2D eigenvalue weighted by Crippen LogP contribution is -2.27. The molecule has 1 amide bonds. The van der Waals surface area contributed by atoms with Gasteiger partial charge in [-0.3, -0.25) is 4.79 Å². The Bertz CT molecular complexity index is 264. The van der Waals surface area contributed by atoms with Crippen LogP contribution in [0.25, 0.3) is 0 Å². The Morgan fingerprint density at radius 3 is 1.27 bits per heavy atom. The van der Waals surface area contributed by atoms with E-state index in [-0.39, 0.29) is 0 Å². The van der Waals surface area contributed by atoms with Crippen molar-refractivity contribution < 1.29 is 4.79 Å². The third kappa shape index (κ3) is 11.1. The first-order valence-electron chi connectivity index (χ1n) is 10.0. The number of nitrogens with zero attached hydrogens (tertiary/aromatic N) is 1. The molecule has 0 saturated carbocycles. The lowest BCUT2D eigenvalue weighted by molar-refractivity contribution is -0.130. The van der Waals surface area contributed by atoms with Gasteiger partial charge in [-0.15, -0.1) is 0 Å². The van der Waals surface area contributed by atoms with E-state index in [4.69, 9.17) is 0 Å². The summed E-state index contributed by atoms with van der Waals surface area (Å²) >= 11 is 0. The molecule has 0 unspecified atom stereocenters. The van der Waals surface area contributed by atoms with E-state index in [1.807, 2.05) is 11.9 Å². The standard InChI is InChI=1S/C20H39NO/c1-21-19-17-15-13-11-9-7-5-3-2-4-6-8-10-12-14-16-18-20(21)22/h2-19H2,1H3. The predicted molar refractivity (Wildman–Crippen MR) is 96.1 cm³/mol. The molecule has 0 spiro atoms. The Balaban J connectivity index is 2.18. The fourth-order valence-electron chi connectivity index (χ4n) is 3.42. The summed E-state index contributed by atoms with van der Waals surface area (Å²) in [6, 6.07) is 0. The van der Waals surface area contributed by atoms with Crippen LogP contribution in [-0.2, 0) is 4.79 Å². The van der Waals surface area contributed by atoms with E-state index >= 15 is 0 Å². The molecule has 0 aromatic carbocycles. The summed E-state index contributed by atoms with van der Waals surface area (Å²) in [5, 5.41) is 0.